The standard InChI is InChI=1S/C26H22N4O4/c1-33-21-14-12-19(13-15-21)23-29-28-22(34-23)17-30-24(31)26(27-25(30)32,20-10-6-3-7-11-20)16-18-8-4-2-5-9-18/h2-15H,16-17H2,1H3,(H,27,32). The van der Waals surface area contributed by atoms with Crippen LogP contribution in [0, 0.1) is 0 Å². The quantitative estimate of drug-likeness (QED) is 0.425. The molecule has 8 heteroatoms. The Morgan fingerprint density at radius 1 is 0.912 bits per heavy atom. The van der Waals surface area contributed by atoms with Gasteiger partial charge in [-0.25, -0.2) is 4.79 Å². The number of amides is 3. The molecule has 170 valence electrons. The van der Waals surface area contributed by atoms with E-state index >= 15 is 0 Å². The summed E-state index contributed by atoms with van der Waals surface area (Å²) in [4.78, 5) is 27.9. The molecule has 1 fully saturated rings. The van der Waals surface area contributed by atoms with E-state index in [1.165, 1.54) is 0 Å². The van der Waals surface area contributed by atoms with E-state index in [-0.39, 0.29) is 18.3 Å². The predicted molar refractivity (Wildman–Crippen MR) is 124 cm³/mol. The number of urea groups is 1. The van der Waals surface area contributed by atoms with Gasteiger partial charge >= 0.3 is 6.03 Å². The summed E-state index contributed by atoms with van der Waals surface area (Å²) in [6.45, 7) is -0.128. The van der Waals surface area contributed by atoms with Crippen molar-refractivity contribution in [1.29, 1.82) is 0 Å². The molecule has 1 aliphatic heterocycles. The molecule has 1 saturated heterocycles. The Morgan fingerprint density at radius 3 is 2.26 bits per heavy atom. The molecule has 0 radical (unpaired) electrons. The van der Waals surface area contributed by atoms with Crippen molar-refractivity contribution in [2.75, 3.05) is 7.11 Å². The van der Waals surface area contributed by atoms with E-state index in [0.717, 1.165) is 10.5 Å². The molecule has 0 saturated carbocycles. The van der Waals surface area contributed by atoms with Crippen LogP contribution in [0.1, 0.15) is 17.0 Å². The van der Waals surface area contributed by atoms with Crippen molar-refractivity contribution >= 4 is 11.9 Å². The van der Waals surface area contributed by atoms with Gasteiger partial charge in [-0.1, -0.05) is 60.7 Å². The van der Waals surface area contributed by atoms with Crippen LogP contribution >= 0.6 is 0 Å². The largest absolute Gasteiger partial charge is 0.497 e. The second-order valence-corrected chi connectivity index (χ2v) is 7.98. The molecule has 2 heterocycles. The van der Waals surface area contributed by atoms with Gasteiger partial charge in [0.25, 0.3) is 5.91 Å². The zero-order valence-electron chi connectivity index (χ0n) is 18.5. The number of hydrogen-bond donors (Lipinski definition) is 1. The van der Waals surface area contributed by atoms with Gasteiger partial charge in [0.1, 0.15) is 12.3 Å². The lowest BCUT2D eigenvalue weighted by atomic mass is 9.83. The molecule has 0 spiro atoms. The second-order valence-electron chi connectivity index (χ2n) is 7.98. The molecule has 1 aromatic heterocycles. The number of aromatic nitrogens is 2. The van der Waals surface area contributed by atoms with Gasteiger partial charge in [0.15, 0.2) is 5.54 Å². The fraction of sp³-hybridized carbons (Fsp3) is 0.154. The number of hydrogen-bond acceptors (Lipinski definition) is 6. The molecule has 8 nitrogen and oxygen atoms in total. The maximum atomic E-state index is 13.7. The Hall–Kier alpha value is -4.46. The first kappa shape index (κ1) is 21.4. The lowest BCUT2D eigenvalue weighted by Gasteiger charge is -2.27. The van der Waals surface area contributed by atoms with Gasteiger partial charge in [-0.15, -0.1) is 10.2 Å². The summed E-state index contributed by atoms with van der Waals surface area (Å²) >= 11 is 0. The molecular weight excluding hydrogens is 432 g/mol. The van der Waals surface area contributed by atoms with Crippen LogP contribution < -0.4 is 10.1 Å². The number of carbonyl (C=O) groups excluding carboxylic acids is 2. The minimum atomic E-state index is -1.22. The van der Waals surface area contributed by atoms with Crippen molar-refractivity contribution in [3.63, 3.8) is 0 Å². The first-order valence-electron chi connectivity index (χ1n) is 10.8. The summed E-state index contributed by atoms with van der Waals surface area (Å²) in [5.41, 5.74) is 1.13. The highest BCUT2D eigenvalue weighted by Gasteiger charge is 2.52. The van der Waals surface area contributed by atoms with E-state index in [1.807, 2.05) is 60.7 Å². The van der Waals surface area contributed by atoms with Gasteiger partial charge in [0.2, 0.25) is 11.8 Å². The summed E-state index contributed by atoms with van der Waals surface area (Å²) in [5.74, 6) is 0.802. The average molecular weight is 454 g/mol. The van der Waals surface area contributed by atoms with Gasteiger partial charge in [-0.3, -0.25) is 9.69 Å². The first-order valence-corrected chi connectivity index (χ1v) is 10.8. The molecule has 0 aliphatic carbocycles. The molecule has 1 unspecified atom stereocenters. The summed E-state index contributed by atoms with van der Waals surface area (Å²) < 4.78 is 10.9. The van der Waals surface area contributed by atoms with Crippen LogP contribution in [0.4, 0.5) is 4.79 Å². The summed E-state index contributed by atoms with van der Waals surface area (Å²) in [5, 5.41) is 11.1. The highest BCUT2D eigenvalue weighted by atomic mass is 16.5. The third-order valence-corrected chi connectivity index (χ3v) is 5.85. The number of ether oxygens (including phenoxy) is 1. The maximum absolute atomic E-state index is 13.7. The van der Waals surface area contributed by atoms with Crippen molar-refractivity contribution in [3.05, 3.63) is 102 Å². The summed E-state index contributed by atoms with van der Waals surface area (Å²) in [6, 6.07) is 25.5. The van der Waals surface area contributed by atoms with Crippen LogP contribution in [0.25, 0.3) is 11.5 Å². The van der Waals surface area contributed by atoms with Crippen LogP contribution in [-0.4, -0.2) is 34.1 Å². The lowest BCUT2D eigenvalue weighted by Crippen LogP contribution is -2.46. The number of methoxy groups -OCH3 is 1. The number of nitrogens with zero attached hydrogens (tertiary/aromatic N) is 3. The zero-order chi connectivity index (χ0) is 23.5. The minimum absolute atomic E-state index is 0.128. The molecular formula is C26H22N4O4. The van der Waals surface area contributed by atoms with Crippen LogP contribution in [0.15, 0.2) is 89.3 Å². The van der Waals surface area contributed by atoms with E-state index < -0.39 is 11.6 Å². The highest BCUT2D eigenvalue weighted by Crippen LogP contribution is 2.34. The van der Waals surface area contributed by atoms with Crippen LogP contribution in [0.3, 0.4) is 0 Å². The van der Waals surface area contributed by atoms with Crippen molar-refractivity contribution in [2.24, 2.45) is 0 Å². The fourth-order valence-electron chi connectivity index (χ4n) is 4.11. The van der Waals surface area contributed by atoms with Gasteiger partial charge in [-0.2, -0.15) is 0 Å². The summed E-state index contributed by atoms with van der Waals surface area (Å²) in [6.07, 6.45) is 0.319. The summed E-state index contributed by atoms with van der Waals surface area (Å²) in [7, 11) is 1.59. The molecule has 34 heavy (non-hydrogen) atoms. The minimum Gasteiger partial charge on any atom is -0.497 e. The van der Waals surface area contributed by atoms with Gasteiger partial charge in [0, 0.05) is 12.0 Å². The molecule has 1 N–H and O–H groups in total. The number of imide groups is 1. The van der Waals surface area contributed by atoms with Crippen LogP contribution in [0.2, 0.25) is 0 Å². The monoisotopic (exact) mass is 454 g/mol. The van der Waals surface area contributed by atoms with E-state index in [0.29, 0.717) is 29.2 Å². The topological polar surface area (TPSA) is 97.6 Å². The Morgan fingerprint density at radius 2 is 1.59 bits per heavy atom. The maximum Gasteiger partial charge on any atom is 0.325 e. The van der Waals surface area contributed by atoms with Crippen LogP contribution in [-0.2, 0) is 23.3 Å². The third kappa shape index (κ3) is 3.90. The second kappa shape index (κ2) is 8.82. The molecule has 4 aromatic rings. The molecule has 0 bridgehead atoms. The first-order chi connectivity index (χ1) is 16.6. The third-order valence-electron chi connectivity index (χ3n) is 5.85. The molecule has 3 amide bonds. The predicted octanol–water partition coefficient (Wildman–Crippen LogP) is 3.94. The van der Waals surface area contributed by atoms with Crippen molar-refractivity contribution < 1.29 is 18.7 Å². The Bertz CT molecular complexity index is 1310. The molecule has 3 aromatic carbocycles. The van der Waals surface area contributed by atoms with Gasteiger partial charge in [-0.05, 0) is 35.4 Å². The zero-order valence-corrected chi connectivity index (χ0v) is 18.5. The smallest absolute Gasteiger partial charge is 0.325 e. The van der Waals surface area contributed by atoms with E-state index in [1.54, 1.807) is 31.4 Å². The number of benzene rings is 3. The van der Waals surface area contributed by atoms with Crippen molar-refractivity contribution in [1.82, 2.24) is 20.4 Å². The number of rotatable bonds is 7. The number of nitrogens with one attached hydrogen (secondary N) is 1. The highest BCUT2D eigenvalue weighted by molar-refractivity contribution is 6.07. The molecule has 1 aliphatic rings. The van der Waals surface area contributed by atoms with Crippen molar-refractivity contribution in [2.45, 2.75) is 18.5 Å². The normalized spacial score (nSPS) is 17.6. The van der Waals surface area contributed by atoms with Gasteiger partial charge in [0.05, 0.1) is 7.11 Å². The van der Waals surface area contributed by atoms with E-state index in [9.17, 15) is 9.59 Å². The molecule has 1 atom stereocenters. The Labute approximate surface area is 196 Å². The average Bonchev–Trinajstić information content (AvgIpc) is 3.44. The van der Waals surface area contributed by atoms with E-state index in [4.69, 9.17) is 9.15 Å². The van der Waals surface area contributed by atoms with Crippen molar-refractivity contribution in [3.8, 4) is 17.2 Å². The Balaban J connectivity index is 1.43. The Kier molecular flexibility index (Phi) is 5.55. The lowest BCUT2D eigenvalue weighted by molar-refractivity contribution is -0.132. The van der Waals surface area contributed by atoms with Crippen LogP contribution in [0.5, 0.6) is 5.75 Å². The van der Waals surface area contributed by atoms with E-state index in [2.05, 4.69) is 15.5 Å². The SMILES string of the molecule is COc1ccc(-c2nnc(CN3C(=O)NC(Cc4ccccc4)(c4ccccc4)C3=O)o2)cc1. The fourth-order valence-corrected chi connectivity index (χ4v) is 4.11. The molecule has 5 rings (SSSR count). The number of carbonyl (C=O) groups is 2. The van der Waals surface area contributed by atoms with Gasteiger partial charge < -0.3 is 14.5 Å².